The fourth-order valence-electron chi connectivity index (χ4n) is 4.67. The molecule has 1 atom stereocenters. The Morgan fingerprint density at radius 1 is 1.17 bits per heavy atom. The Balaban J connectivity index is 1.88. The van der Waals surface area contributed by atoms with Crippen LogP contribution < -0.4 is 10.2 Å². The van der Waals surface area contributed by atoms with Crippen molar-refractivity contribution in [1.82, 2.24) is 15.3 Å². The molecule has 11 heteroatoms. The van der Waals surface area contributed by atoms with Crippen LogP contribution in [-0.2, 0) is 29.8 Å². The molecule has 7 nitrogen and oxygen atoms in total. The number of aromatic nitrogens is 2. The summed E-state index contributed by atoms with van der Waals surface area (Å²) in [6, 6.07) is 16.1. The van der Waals surface area contributed by atoms with Gasteiger partial charge in [0.15, 0.2) is 4.99 Å². The van der Waals surface area contributed by atoms with Gasteiger partial charge in [-0.1, -0.05) is 30.3 Å². The van der Waals surface area contributed by atoms with Crippen LogP contribution in [0.15, 0.2) is 61.1 Å². The molecule has 0 aliphatic carbocycles. The predicted molar refractivity (Wildman–Crippen MR) is 129 cm³/mol. The van der Waals surface area contributed by atoms with E-state index in [4.69, 9.17) is 0 Å². The van der Waals surface area contributed by atoms with E-state index < -0.39 is 28.4 Å². The number of hydrogen-bond donors (Lipinski definition) is 2. The molecule has 0 saturated heterocycles. The molecule has 2 N–H and O–H groups in total. The van der Waals surface area contributed by atoms with E-state index in [0.717, 1.165) is 5.56 Å². The highest BCUT2D eigenvalue weighted by atomic mass is 32.2. The minimum Gasteiger partial charge on any atom is -0.351 e. The Morgan fingerprint density at radius 2 is 1.94 bits per heavy atom. The van der Waals surface area contributed by atoms with Crippen molar-refractivity contribution in [3.8, 4) is 6.07 Å². The third kappa shape index (κ3) is 5.78. The number of halogens is 3. The molecule has 0 bridgehead atoms. The number of hydrogen-bond acceptors (Lipinski definition) is 5. The van der Waals surface area contributed by atoms with Crippen molar-refractivity contribution >= 4 is 21.0 Å². The van der Waals surface area contributed by atoms with Gasteiger partial charge in [0.1, 0.15) is 0 Å². The topological polar surface area (TPSA) is 102 Å². The molecule has 36 heavy (non-hydrogen) atoms. The molecule has 188 valence electrons. The van der Waals surface area contributed by atoms with Crippen LogP contribution in [0, 0.1) is 11.3 Å². The quantitative estimate of drug-likeness (QED) is 0.459. The van der Waals surface area contributed by atoms with Crippen LogP contribution in [-0.4, -0.2) is 35.1 Å². The molecule has 1 aromatic heterocycles. The number of nitrogens with one attached hydrogen (secondary N) is 2. The molecule has 2 aromatic carbocycles. The zero-order valence-electron chi connectivity index (χ0n) is 19.2. The first-order valence-electron chi connectivity index (χ1n) is 11.3. The van der Waals surface area contributed by atoms with E-state index in [1.807, 2.05) is 18.2 Å². The highest BCUT2D eigenvalue weighted by Gasteiger charge is 2.44. The number of anilines is 1. The number of alkyl halides is 3. The molecule has 2 heterocycles. The summed E-state index contributed by atoms with van der Waals surface area (Å²) in [5.41, 5.74) is 1.62. The van der Waals surface area contributed by atoms with E-state index in [-0.39, 0.29) is 37.3 Å². The van der Waals surface area contributed by atoms with Gasteiger partial charge >= 0.3 is 6.18 Å². The van der Waals surface area contributed by atoms with Gasteiger partial charge in [-0.2, -0.15) is 26.9 Å². The molecular weight excluding hydrogens is 491 g/mol. The van der Waals surface area contributed by atoms with Gasteiger partial charge in [-0.3, -0.25) is 0 Å². The summed E-state index contributed by atoms with van der Waals surface area (Å²) in [6.07, 6.45) is -2.47. The Kier molecular flexibility index (Phi) is 7.47. The van der Waals surface area contributed by atoms with Gasteiger partial charge in [-0.25, -0.2) is 4.98 Å². The van der Waals surface area contributed by atoms with Crippen molar-refractivity contribution in [1.29, 1.82) is 5.26 Å². The normalized spacial score (nSPS) is 17.8. The molecule has 1 aliphatic rings. The maximum Gasteiger partial charge on any atom is 0.389 e. The van der Waals surface area contributed by atoms with Gasteiger partial charge in [-0.15, -0.1) is 0 Å². The van der Waals surface area contributed by atoms with Crippen LogP contribution >= 0.6 is 0 Å². The molecule has 3 aromatic rings. The number of benzene rings is 2. The molecule has 0 saturated carbocycles. The number of fused-ring (bicyclic) bond motifs is 1. The molecule has 1 unspecified atom stereocenters. The predicted octanol–water partition coefficient (Wildman–Crippen LogP) is 4.11. The monoisotopic (exact) mass is 515 g/mol. The van der Waals surface area contributed by atoms with E-state index in [2.05, 4.69) is 21.4 Å². The highest BCUT2D eigenvalue weighted by Crippen LogP contribution is 2.35. The fraction of sp³-hybridized carbons (Fsp3) is 0.320. The zero-order valence-corrected chi connectivity index (χ0v) is 20.0. The second-order valence-electron chi connectivity index (χ2n) is 8.71. The lowest BCUT2D eigenvalue weighted by atomic mass is 9.84. The van der Waals surface area contributed by atoms with E-state index in [9.17, 15) is 26.9 Å². The smallest absolute Gasteiger partial charge is 0.351 e. The van der Waals surface area contributed by atoms with Gasteiger partial charge < -0.3 is 15.2 Å². The number of nitriles is 1. The molecular formula is C25H24F3N5O2S. The average Bonchev–Trinajstić information content (AvgIpc) is 3.30. The van der Waals surface area contributed by atoms with Gasteiger partial charge in [-0.05, 0) is 48.6 Å². The van der Waals surface area contributed by atoms with E-state index >= 15 is 0 Å². The summed E-state index contributed by atoms with van der Waals surface area (Å²) >= 11 is 0. The zero-order chi connectivity index (χ0) is 25.8. The molecule has 0 amide bonds. The van der Waals surface area contributed by atoms with Gasteiger partial charge in [0.2, 0.25) is 10.3 Å². The summed E-state index contributed by atoms with van der Waals surface area (Å²) in [5, 5.41) is 12.7. The minimum absolute atomic E-state index is 0.0556. The van der Waals surface area contributed by atoms with Crippen molar-refractivity contribution in [2.45, 2.75) is 50.5 Å². The lowest BCUT2D eigenvalue weighted by molar-refractivity contribution is -0.136. The third-order valence-corrected chi connectivity index (χ3v) is 7.14. The third-order valence-electron chi connectivity index (χ3n) is 6.22. The molecule has 1 aliphatic heterocycles. The van der Waals surface area contributed by atoms with Crippen molar-refractivity contribution in [2.75, 3.05) is 4.90 Å². The second-order valence-corrected chi connectivity index (χ2v) is 9.56. The molecule has 4 rings (SSSR count). The van der Waals surface area contributed by atoms with Gasteiger partial charge in [0, 0.05) is 24.8 Å². The fourth-order valence-corrected chi connectivity index (χ4v) is 5.58. The SMILES string of the molecule is N#Cc1ccc2c(c1)CNC(CCCC(F)(F)F)(Cc1ccccc1)C(=S(=O)=O)N2Cc1c[nH]cn1. The number of nitrogens with zero attached hydrogens (tertiary/aromatic N) is 3. The summed E-state index contributed by atoms with van der Waals surface area (Å²) in [6.45, 7) is 0.241. The lowest BCUT2D eigenvalue weighted by Crippen LogP contribution is -2.58. The maximum absolute atomic E-state index is 13.1. The van der Waals surface area contributed by atoms with E-state index in [1.54, 1.807) is 41.4 Å². The average molecular weight is 516 g/mol. The lowest BCUT2D eigenvalue weighted by Gasteiger charge is -2.38. The summed E-state index contributed by atoms with van der Waals surface area (Å²) in [7, 11) is -2.79. The van der Waals surface area contributed by atoms with Crippen LogP contribution in [0.3, 0.4) is 0 Å². The van der Waals surface area contributed by atoms with E-state index in [1.165, 1.54) is 6.33 Å². The van der Waals surface area contributed by atoms with Crippen molar-refractivity contribution in [2.24, 2.45) is 0 Å². The first-order valence-corrected chi connectivity index (χ1v) is 12.4. The molecule has 0 spiro atoms. The minimum atomic E-state index is -4.37. The maximum atomic E-state index is 13.1. The van der Waals surface area contributed by atoms with Crippen molar-refractivity contribution < 1.29 is 21.6 Å². The van der Waals surface area contributed by atoms with E-state index in [0.29, 0.717) is 22.5 Å². The Hall–Kier alpha value is -3.62. The second kappa shape index (κ2) is 10.6. The van der Waals surface area contributed by atoms with Gasteiger partial charge in [0.25, 0.3) is 0 Å². The number of rotatable bonds is 7. The first kappa shape index (κ1) is 25.5. The summed E-state index contributed by atoms with van der Waals surface area (Å²) in [5.74, 6) is 0. The highest BCUT2D eigenvalue weighted by molar-refractivity contribution is 7.73. The number of aromatic amines is 1. The Bertz CT molecular complexity index is 1380. The number of imidazole rings is 1. The Morgan fingerprint density at radius 3 is 2.58 bits per heavy atom. The van der Waals surface area contributed by atoms with Crippen LogP contribution in [0.1, 0.15) is 41.6 Å². The van der Waals surface area contributed by atoms with Crippen molar-refractivity contribution in [3.05, 3.63) is 83.4 Å². The Labute approximate surface area is 208 Å². The standard InChI is InChI=1S/C25H24F3N5O2S/c26-25(27,28)10-4-9-24(12-18-5-2-1-3-6-18)23(36(34)35)33(16-21-15-30-17-31-21)22-8-7-19(13-29)11-20(22)14-32-24/h1-3,5-8,11,15,17,32H,4,9-10,12,14,16H2,(H,30,31). The molecule has 0 fully saturated rings. The number of H-pyrrole nitrogens is 1. The first-order chi connectivity index (χ1) is 17.2. The molecule has 0 radical (unpaired) electrons. The van der Waals surface area contributed by atoms with Crippen LogP contribution in [0.4, 0.5) is 18.9 Å². The summed E-state index contributed by atoms with van der Waals surface area (Å²) < 4.78 is 65.2. The van der Waals surface area contributed by atoms with Crippen LogP contribution in [0.2, 0.25) is 0 Å². The van der Waals surface area contributed by atoms with Crippen LogP contribution in [0.25, 0.3) is 0 Å². The largest absolute Gasteiger partial charge is 0.389 e. The van der Waals surface area contributed by atoms with Crippen LogP contribution in [0.5, 0.6) is 0 Å². The summed E-state index contributed by atoms with van der Waals surface area (Å²) in [4.78, 5) is 8.62. The van der Waals surface area contributed by atoms with Crippen molar-refractivity contribution in [3.63, 3.8) is 0 Å². The van der Waals surface area contributed by atoms with Gasteiger partial charge in [0.05, 0.1) is 35.7 Å².